The van der Waals surface area contributed by atoms with Gasteiger partial charge in [0.05, 0.1) is 11.9 Å². The largest absolute Gasteiger partial charge is 0.311 e. The van der Waals surface area contributed by atoms with E-state index in [1.165, 1.54) is 16.3 Å². The Labute approximate surface area is 122 Å². The zero-order valence-corrected chi connectivity index (χ0v) is 13.5. The van der Waals surface area contributed by atoms with Gasteiger partial charge in [-0.3, -0.25) is 4.68 Å². The minimum Gasteiger partial charge on any atom is -0.311 e. The average molecular weight is 302 g/mol. The Morgan fingerprint density at radius 3 is 2.75 bits per heavy atom. The van der Waals surface area contributed by atoms with E-state index < -0.39 is 10.0 Å². The van der Waals surface area contributed by atoms with Crippen LogP contribution in [-0.2, 0) is 23.1 Å². The molecule has 0 atom stereocenters. The molecule has 7 heteroatoms. The summed E-state index contributed by atoms with van der Waals surface area (Å²) in [5.74, 6) is 0. The van der Waals surface area contributed by atoms with E-state index in [1.54, 1.807) is 0 Å². The summed E-state index contributed by atoms with van der Waals surface area (Å²) >= 11 is 0. The second-order valence-electron chi connectivity index (χ2n) is 4.83. The highest BCUT2D eigenvalue weighted by molar-refractivity contribution is 7.88. The Bertz CT molecular complexity index is 484. The summed E-state index contributed by atoms with van der Waals surface area (Å²) in [4.78, 5) is 0. The summed E-state index contributed by atoms with van der Waals surface area (Å²) in [7, 11) is -3.07. The van der Waals surface area contributed by atoms with E-state index in [-0.39, 0.29) is 0 Å². The minimum atomic E-state index is -3.07. The smallest absolute Gasteiger partial charge is 0.211 e. The first kappa shape index (κ1) is 17.1. The molecule has 1 N–H and O–H groups in total. The molecule has 0 aliphatic heterocycles. The molecule has 0 aliphatic rings. The van der Waals surface area contributed by atoms with Crippen LogP contribution in [-0.4, -0.2) is 48.4 Å². The lowest BCUT2D eigenvalue weighted by atomic mass is 10.3. The molecule has 1 rings (SSSR count). The highest BCUT2D eigenvalue weighted by Gasteiger charge is 2.12. The van der Waals surface area contributed by atoms with E-state index in [1.807, 2.05) is 23.9 Å². The van der Waals surface area contributed by atoms with Crippen LogP contribution >= 0.6 is 0 Å². The highest BCUT2D eigenvalue weighted by atomic mass is 32.2. The first-order chi connectivity index (χ1) is 9.49. The second-order valence-corrected chi connectivity index (χ2v) is 6.81. The van der Waals surface area contributed by atoms with Crippen LogP contribution in [0.3, 0.4) is 0 Å². The molecule has 0 unspecified atom stereocenters. The van der Waals surface area contributed by atoms with Crippen molar-refractivity contribution in [3.05, 3.63) is 18.0 Å². The molecule has 1 heterocycles. The van der Waals surface area contributed by atoms with E-state index in [0.717, 1.165) is 32.5 Å². The van der Waals surface area contributed by atoms with Gasteiger partial charge in [0.1, 0.15) is 0 Å². The van der Waals surface area contributed by atoms with E-state index in [4.69, 9.17) is 0 Å². The number of nitrogens with one attached hydrogen (secondary N) is 1. The first-order valence-electron chi connectivity index (χ1n) is 7.15. The van der Waals surface area contributed by atoms with Crippen LogP contribution in [0.5, 0.6) is 0 Å². The number of hydrogen-bond acceptors (Lipinski definition) is 4. The summed E-state index contributed by atoms with van der Waals surface area (Å²) in [5.41, 5.74) is 1.17. The van der Waals surface area contributed by atoms with Crippen LogP contribution < -0.4 is 5.32 Å². The SMILES string of the molecule is CCCn1nccc1CNCCCN(CC)S(C)(=O)=O. The standard InChI is InChI=1S/C13H26N4O2S/c1-4-10-17-13(7-9-15-17)12-14-8-6-11-16(5-2)20(3,18)19/h7,9,14H,4-6,8,10-12H2,1-3H3. The molecular weight excluding hydrogens is 276 g/mol. The zero-order valence-electron chi connectivity index (χ0n) is 12.7. The molecule has 0 spiro atoms. The summed E-state index contributed by atoms with van der Waals surface area (Å²) in [6.45, 7) is 7.58. The van der Waals surface area contributed by atoms with Crippen LogP contribution in [0.2, 0.25) is 0 Å². The Hall–Kier alpha value is -0.920. The van der Waals surface area contributed by atoms with Crippen molar-refractivity contribution in [3.8, 4) is 0 Å². The lowest BCUT2D eigenvalue weighted by Gasteiger charge is -2.17. The van der Waals surface area contributed by atoms with E-state index in [2.05, 4.69) is 17.3 Å². The van der Waals surface area contributed by atoms with Gasteiger partial charge in [-0.05, 0) is 25.5 Å². The van der Waals surface area contributed by atoms with E-state index in [9.17, 15) is 8.42 Å². The van der Waals surface area contributed by atoms with Crippen molar-refractivity contribution >= 4 is 10.0 Å². The van der Waals surface area contributed by atoms with Crippen molar-refractivity contribution in [1.29, 1.82) is 0 Å². The first-order valence-corrected chi connectivity index (χ1v) is 9.00. The van der Waals surface area contributed by atoms with Gasteiger partial charge in [0, 0.05) is 32.4 Å². The van der Waals surface area contributed by atoms with Crippen molar-refractivity contribution < 1.29 is 8.42 Å². The van der Waals surface area contributed by atoms with E-state index >= 15 is 0 Å². The highest BCUT2D eigenvalue weighted by Crippen LogP contribution is 2.01. The molecule has 0 fully saturated rings. The minimum absolute atomic E-state index is 0.530. The Morgan fingerprint density at radius 2 is 2.15 bits per heavy atom. The maximum absolute atomic E-state index is 11.4. The van der Waals surface area contributed by atoms with Gasteiger partial charge in [-0.2, -0.15) is 5.10 Å². The normalized spacial score (nSPS) is 12.2. The molecule has 0 aliphatic carbocycles. The summed E-state index contributed by atoms with van der Waals surface area (Å²) in [5, 5.41) is 7.60. The van der Waals surface area contributed by atoms with Crippen LogP contribution in [0.25, 0.3) is 0 Å². The van der Waals surface area contributed by atoms with Gasteiger partial charge in [-0.15, -0.1) is 0 Å². The average Bonchev–Trinajstić information content (AvgIpc) is 2.80. The van der Waals surface area contributed by atoms with Crippen LogP contribution in [0.15, 0.2) is 12.3 Å². The molecule has 1 aromatic rings. The lowest BCUT2D eigenvalue weighted by Crippen LogP contribution is -2.32. The summed E-state index contributed by atoms with van der Waals surface area (Å²) in [6.07, 6.45) is 4.94. The van der Waals surface area contributed by atoms with Gasteiger partial charge in [0.25, 0.3) is 0 Å². The van der Waals surface area contributed by atoms with Gasteiger partial charge in [0.15, 0.2) is 0 Å². The van der Waals surface area contributed by atoms with Gasteiger partial charge in [-0.25, -0.2) is 12.7 Å². The van der Waals surface area contributed by atoms with Gasteiger partial charge >= 0.3 is 0 Å². The van der Waals surface area contributed by atoms with Crippen molar-refractivity contribution in [3.63, 3.8) is 0 Å². The number of nitrogens with zero attached hydrogens (tertiary/aromatic N) is 3. The van der Waals surface area contributed by atoms with Crippen LogP contribution in [0.4, 0.5) is 0 Å². The molecule has 20 heavy (non-hydrogen) atoms. The fraction of sp³-hybridized carbons (Fsp3) is 0.769. The molecule has 0 radical (unpaired) electrons. The monoisotopic (exact) mass is 302 g/mol. The van der Waals surface area contributed by atoms with Crippen molar-refractivity contribution in [2.45, 2.75) is 39.8 Å². The van der Waals surface area contributed by atoms with Crippen LogP contribution in [0.1, 0.15) is 32.4 Å². The fourth-order valence-corrected chi connectivity index (χ4v) is 3.01. The molecule has 0 aromatic carbocycles. The third-order valence-electron chi connectivity index (χ3n) is 3.13. The molecular formula is C13H26N4O2S. The van der Waals surface area contributed by atoms with Crippen molar-refractivity contribution in [2.75, 3.05) is 25.9 Å². The number of sulfonamides is 1. The molecule has 0 saturated heterocycles. The Kier molecular flexibility index (Phi) is 7.18. The number of aromatic nitrogens is 2. The van der Waals surface area contributed by atoms with Gasteiger partial charge in [-0.1, -0.05) is 13.8 Å². The predicted molar refractivity (Wildman–Crippen MR) is 80.9 cm³/mol. The number of rotatable bonds is 10. The Morgan fingerprint density at radius 1 is 1.40 bits per heavy atom. The van der Waals surface area contributed by atoms with E-state index in [0.29, 0.717) is 13.1 Å². The predicted octanol–water partition coefficient (Wildman–Crippen LogP) is 1.05. The van der Waals surface area contributed by atoms with Crippen molar-refractivity contribution in [2.24, 2.45) is 0 Å². The molecule has 6 nitrogen and oxygen atoms in total. The molecule has 1 aromatic heterocycles. The molecule has 0 bridgehead atoms. The summed E-state index contributed by atoms with van der Waals surface area (Å²) < 4.78 is 26.3. The number of aryl methyl sites for hydroxylation is 1. The third-order valence-corrected chi connectivity index (χ3v) is 4.51. The maximum Gasteiger partial charge on any atom is 0.211 e. The molecule has 116 valence electrons. The summed E-state index contributed by atoms with van der Waals surface area (Å²) in [6, 6.07) is 2.01. The number of hydrogen-bond donors (Lipinski definition) is 1. The second kappa shape index (κ2) is 8.39. The third kappa shape index (κ3) is 5.60. The van der Waals surface area contributed by atoms with Crippen molar-refractivity contribution in [1.82, 2.24) is 19.4 Å². The van der Waals surface area contributed by atoms with Gasteiger partial charge in [0.2, 0.25) is 10.0 Å². The van der Waals surface area contributed by atoms with Gasteiger partial charge < -0.3 is 5.32 Å². The van der Waals surface area contributed by atoms with Crippen LogP contribution in [0, 0.1) is 0 Å². The lowest BCUT2D eigenvalue weighted by molar-refractivity contribution is 0.418. The fourth-order valence-electron chi connectivity index (χ4n) is 2.08. The zero-order chi connectivity index (χ0) is 15.0. The topological polar surface area (TPSA) is 67.2 Å². The quantitative estimate of drug-likeness (QED) is 0.656. The maximum atomic E-state index is 11.4. The Balaban J connectivity index is 2.26. The molecule has 0 saturated carbocycles. The molecule has 0 amide bonds.